The molecule has 0 bridgehead atoms. The van der Waals surface area contributed by atoms with Gasteiger partial charge in [-0.15, -0.1) is 11.8 Å². The molecule has 0 saturated carbocycles. The zero-order valence-electron chi connectivity index (χ0n) is 13.6. The molecule has 130 valence electrons. The average molecular weight is 351 g/mol. The van der Waals surface area contributed by atoms with E-state index in [-0.39, 0.29) is 29.0 Å². The van der Waals surface area contributed by atoms with Crippen molar-refractivity contribution in [3.63, 3.8) is 0 Å². The number of thioether (sulfide) groups is 1. The molecule has 0 radical (unpaired) electrons. The van der Waals surface area contributed by atoms with Gasteiger partial charge >= 0.3 is 0 Å². The lowest BCUT2D eigenvalue weighted by atomic mass is 10.0. The van der Waals surface area contributed by atoms with Crippen molar-refractivity contribution in [2.24, 2.45) is 5.73 Å². The summed E-state index contributed by atoms with van der Waals surface area (Å²) in [5.74, 6) is -0.572. The molecule has 1 aromatic rings. The van der Waals surface area contributed by atoms with Gasteiger partial charge in [0.25, 0.3) is 5.69 Å². The molecule has 24 heavy (non-hydrogen) atoms. The summed E-state index contributed by atoms with van der Waals surface area (Å²) in [6.45, 7) is 2.82. The molecule has 1 heterocycles. The van der Waals surface area contributed by atoms with Crippen molar-refractivity contribution < 1.29 is 14.5 Å². The minimum atomic E-state index is -0.718. The predicted molar refractivity (Wildman–Crippen MR) is 92.0 cm³/mol. The van der Waals surface area contributed by atoms with Crippen molar-refractivity contribution in [2.45, 2.75) is 43.5 Å². The molecule has 0 aliphatic carbocycles. The highest BCUT2D eigenvalue weighted by Crippen LogP contribution is 2.31. The van der Waals surface area contributed by atoms with Gasteiger partial charge in [-0.05, 0) is 37.8 Å². The maximum atomic E-state index is 12.5. The summed E-state index contributed by atoms with van der Waals surface area (Å²) in [7, 11) is 0. The van der Waals surface area contributed by atoms with E-state index in [0.29, 0.717) is 4.90 Å². The largest absolute Gasteiger partial charge is 0.366 e. The van der Waals surface area contributed by atoms with Crippen molar-refractivity contribution in [1.82, 2.24) is 4.90 Å². The summed E-state index contributed by atoms with van der Waals surface area (Å²) in [5, 5.41) is 11.2. The van der Waals surface area contributed by atoms with Crippen LogP contribution >= 0.6 is 11.8 Å². The van der Waals surface area contributed by atoms with Gasteiger partial charge in [0.15, 0.2) is 0 Å². The Hall–Kier alpha value is -2.09. The van der Waals surface area contributed by atoms with E-state index in [1.54, 1.807) is 0 Å². The van der Waals surface area contributed by atoms with E-state index in [1.807, 2.05) is 4.90 Å². The Morgan fingerprint density at radius 2 is 2.17 bits per heavy atom. The van der Waals surface area contributed by atoms with Crippen LogP contribution < -0.4 is 5.73 Å². The van der Waals surface area contributed by atoms with Crippen molar-refractivity contribution in [1.29, 1.82) is 0 Å². The van der Waals surface area contributed by atoms with Crippen LogP contribution in [-0.4, -0.2) is 40.0 Å². The number of nitro benzene ring substituents is 1. The number of primary amides is 1. The van der Waals surface area contributed by atoms with Crippen molar-refractivity contribution in [2.75, 3.05) is 12.3 Å². The minimum absolute atomic E-state index is 0.000161. The number of benzene rings is 1. The van der Waals surface area contributed by atoms with Crippen LogP contribution in [0.2, 0.25) is 0 Å². The molecule has 2 amide bonds. The van der Waals surface area contributed by atoms with Crippen LogP contribution in [0.5, 0.6) is 0 Å². The Labute approximate surface area is 144 Å². The number of nitrogens with two attached hydrogens (primary N) is 1. The second-order valence-electron chi connectivity index (χ2n) is 5.74. The number of carbonyl (C=O) groups excluding carboxylic acids is 2. The first-order valence-corrected chi connectivity index (χ1v) is 8.93. The van der Waals surface area contributed by atoms with Crippen LogP contribution in [-0.2, 0) is 4.79 Å². The highest BCUT2D eigenvalue weighted by atomic mass is 32.2. The van der Waals surface area contributed by atoms with Crippen LogP contribution in [0.4, 0.5) is 5.69 Å². The zero-order valence-corrected chi connectivity index (χ0v) is 14.4. The number of nitro groups is 1. The van der Waals surface area contributed by atoms with Gasteiger partial charge in [-0.2, -0.15) is 0 Å². The molecule has 1 atom stereocenters. The summed E-state index contributed by atoms with van der Waals surface area (Å²) in [6.07, 6.45) is 4.07. The second-order valence-corrected chi connectivity index (χ2v) is 6.75. The molecule has 1 aromatic carbocycles. The van der Waals surface area contributed by atoms with Crippen molar-refractivity contribution >= 4 is 29.3 Å². The van der Waals surface area contributed by atoms with E-state index in [9.17, 15) is 19.7 Å². The second kappa shape index (κ2) is 8.14. The third kappa shape index (κ3) is 4.25. The number of hydrogen-bond donors (Lipinski definition) is 1. The Morgan fingerprint density at radius 1 is 1.42 bits per heavy atom. The lowest BCUT2D eigenvalue weighted by Gasteiger charge is -2.35. The first kappa shape index (κ1) is 18.3. The number of amides is 2. The fraction of sp³-hybridized carbons (Fsp3) is 0.500. The highest BCUT2D eigenvalue weighted by Gasteiger charge is 2.26. The number of likely N-dealkylation sites (tertiary alicyclic amines) is 1. The van der Waals surface area contributed by atoms with E-state index in [2.05, 4.69) is 6.92 Å². The Balaban J connectivity index is 2.09. The van der Waals surface area contributed by atoms with E-state index in [4.69, 9.17) is 5.73 Å². The van der Waals surface area contributed by atoms with E-state index in [1.165, 1.54) is 12.1 Å². The normalized spacial score (nSPS) is 17.5. The van der Waals surface area contributed by atoms with E-state index in [0.717, 1.165) is 50.1 Å². The first-order valence-electron chi connectivity index (χ1n) is 7.94. The quantitative estimate of drug-likeness (QED) is 0.481. The topological polar surface area (TPSA) is 107 Å². The maximum Gasteiger partial charge on any atom is 0.283 e. The van der Waals surface area contributed by atoms with Gasteiger partial charge in [0, 0.05) is 24.2 Å². The third-order valence-electron chi connectivity index (χ3n) is 4.21. The molecule has 1 aliphatic heterocycles. The standard InChI is InChI=1S/C16H21N3O4S/c1-2-12-5-3-4-8-18(12)15(20)10-24-14-7-6-11(16(17)21)9-13(14)19(22)23/h6-7,9,12H,2-5,8,10H2,1H3,(H2,17,21). The Morgan fingerprint density at radius 3 is 2.79 bits per heavy atom. The molecule has 2 N–H and O–H groups in total. The maximum absolute atomic E-state index is 12.5. The highest BCUT2D eigenvalue weighted by molar-refractivity contribution is 8.00. The van der Waals surface area contributed by atoms with Crippen molar-refractivity contribution in [3.8, 4) is 0 Å². The first-order chi connectivity index (χ1) is 11.4. The molecule has 1 saturated heterocycles. The molecule has 1 unspecified atom stereocenters. The van der Waals surface area contributed by atoms with Crippen molar-refractivity contribution in [3.05, 3.63) is 33.9 Å². The summed E-state index contributed by atoms with van der Waals surface area (Å²) in [6, 6.07) is 4.34. The third-order valence-corrected chi connectivity index (χ3v) is 5.26. The number of carbonyl (C=O) groups is 2. The van der Waals surface area contributed by atoms with Gasteiger partial charge < -0.3 is 10.6 Å². The molecule has 1 aliphatic rings. The lowest BCUT2D eigenvalue weighted by Crippen LogP contribution is -2.44. The van der Waals surface area contributed by atoms with Gasteiger partial charge in [-0.1, -0.05) is 6.92 Å². The molecular weight excluding hydrogens is 330 g/mol. The Kier molecular flexibility index (Phi) is 6.19. The van der Waals surface area contributed by atoms with Gasteiger partial charge in [0.2, 0.25) is 11.8 Å². The van der Waals surface area contributed by atoms with E-state index >= 15 is 0 Å². The van der Waals surface area contributed by atoms with Gasteiger partial charge in [0.1, 0.15) is 0 Å². The molecule has 0 aromatic heterocycles. The Bertz CT molecular complexity index is 650. The molecule has 1 fully saturated rings. The van der Waals surface area contributed by atoms with Crippen LogP contribution in [0, 0.1) is 10.1 Å². The zero-order chi connectivity index (χ0) is 17.7. The average Bonchev–Trinajstić information content (AvgIpc) is 2.59. The predicted octanol–water partition coefficient (Wildman–Crippen LogP) is 2.58. The fourth-order valence-corrected chi connectivity index (χ4v) is 3.80. The molecule has 7 nitrogen and oxygen atoms in total. The number of rotatable bonds is 6. The number of nitrogens with zero attached hydrogens (tertiary/aromatic N) is 2. The van der Waals surface area contributed by atoms with Crippen LogP contribution in [0.1, 0.15) is 43.0 Å². The summed E-state index contributed by atoms with van der Waals surface area (Å²) < 4.78 is 0. The van der Waals surface area contributed by atoms with Crippen LogP contribution in [0.15, 0.2) is 23.1 Å². The smallest absolute Gasteiger partial charge is 0.283 e. The summed E-state index contributed by atoms with van der Waals surface area (Å²) in [4.78, 5) is 36.5. The number of piperidine rings is 1. The van der Waals surface area contributed by atoms with Crippen LogP contribution in [0.25, 0.3) is 0 Å². The molecular formula is C16H21N3O4S. The monoisotopic (exact) mass is 351 g/mol. The van der Waals surface area contributed by atoms with Gasteiger partial charge in [-0.25, -0.2) is 0 Å². The van der Waals surface area contributed by atoms with Gasteiger partial charge in [0.05, 0.1) is 15.6 Å². The van der Waals surface area contributed by atoms with E-state index < -0.39 is 10.8 Å². The SMILES string of the molecule is CCC1CCCCN1C(=O)CSc1ccc(C(N)=O)cc1[N+](=O)[O-]. The summed E-state index contributed by atoms with van der Waals surface area (Å²) in [5.41, 5.74) is 5.04. The lowest BCUT2D eigenvalue weighted by molar-refractivity contribution is -0.387. The fourth-order valence-electron chi connectivity index (χ4n) is 2.91. The summed E-state index contributed by atoms with van der Waals surface area (Å²) >= 11 is 1.13. The van der Waals surface area contributed by atoms with Crippen LogP contribution in [0.3, 0.4) is 0 Å². The van der Waals surface area contributed by atoms with Gasteiger partial charge in [-0.3, -0.25) is 19.7 Å². The minimum Gasteiger partial charge on any atom is -0.366 e. The molecule has 0 spiro atoms. The molecule has 2 rings (SSSR count). The molecule has 8 heteroatoms. The number of hydrogen-bond acceptors (Lipinski definition) is 5.